The van der Waals surface area contributed by atoms with Crippen LogP contribution in [0.3, 0.4) is 0 Å². The summed E-state index contributed by atoms with van der Waals surface area (Å²) in [6.07, 6.45) is 1.20. The Hall–Kier alpha value is -3.08. The monoisotopic (exact) mass is 351 g/mol. The van der Waals surface area contributed by atoms with Crippen LogP contribution in [0.15, 0.2) is 72.4 Å². The molecule has 134 valence electrons. The number of hydrogen-bond acceptors (Lipinski definition) is 5. The standard InChI is InChI=1S/C21H21NO4/c1-25-19(23)13-18(21(24)26-2)22-14-17(15-9-5-3-6-10-15)20(22)16-11-7-4-8-12-16/h3-13,17,20H,14H2,1-2H3/b18-13-/t17-,20+/m0/s1. The molecule has 0 bridgehead atoms. The van der Waals surface area contributed by atoms with Crippen molar-refractivity contribution in [3.8, 4) is 0 Å². The lowest BCUT2D eigenvalue weighted by Gasteiger charge is -2.50. The fraction of sp³-hybridized carbons (Fsp3) is 0.238. The Bertz CT molecular complexity index is 801. The first-order chi connectivity index (χ1) is 12.7. The lowest BCUT2D eigenvalue weighted by atomic mass is 9.78. The highest BCUT2D eigenvalue weighted by Crippen LogP contribution is 2.47. The highest BCUT2D eigenvalue weighted by atomic mass is 16.5. The zero-order valence-electron chi connectivity index (χ0n) is 14.8. The molecule has 1 heterocycles. The van der Waals surface area contributed by atoms with Gasteiger partial charge in [0.05, 0.1) is 26.3 Å². The zero-order chi connectivity index (χ0) is 18.5. The molecule has 0 aliphatic carbocycles. The van der Waals surface area contributed by atoms with Gasteiger partial charge in [0, 0.05) is 12.5 Å². The van der Waals surface area contributed by atoms with Crippen molar-refractivity contribution in [3.63, 3.8) is 0 Å². The minimum atomic E-state index is -0.583. The zero-order valence-corrected chi connectivity index (χ0v) is 14.8. The molecule has 0 amide bonds. The van der Waals surface area contributed by atoms with Crippen molar-refractivity contribution in [1.29, 1.82) is 0 Å². The molecule has 0 N–H and O–H groups in total. The van der Waals surface area contributed by atoms with Gasteiger partial charge in [-0.25, -0.2) is 9.59 Å². The van der Waals surface area contributed by atoms with Gasteiger partial charge in [0.15, 0.2) is 0 Å². The molecule has 5 heteroatoms. The van der Waals surface area contributed by atoms with E-state index in [0.29, 0.717) is 6.54 Å². The predicted octanol–water partition coefficient (Wildman–Crippen LogP) is 3.06. The van der Waals surface area contributed by atoms with Gasteiger partial charge in [0.1, 0.15) is 5.70 Å². The summed E-state index contributed by atoms with van der Waals surface area (Å²) < 4.78 is 9.58. The first-order valence-corrected chi connectivity index (χ1v) is 8.40. The third-order valence-corrected chi connectivity index (χ3v) is 4.64. The van der Waals surface area contributed by atoms with E-state index in [-0.39, 0.29) is 17.7 Å². The summed E-state index contributed by atoms with van der Waals surface area (Å²) in [5.41, 5.74) is 2.48. The number of esters is 2. The molecule has 5 nitrogen and oxygen atoms in total. The van der Waals surface area contributed by atoms with Crippen LogP contribution < -0.4 is 0 Å². The van der Waals surface area contributed by atoms with Crippen LogP contribution in [-0.4, -0.2) is 37.6 Å². The maximum Gasteiger partial charge on any atom is 0.354 e. The second-order valence-corrected chi connectivity index (χ2v) is 6.07. The van der Waals surface area contributed by atoms with Gasteiger partial charge >= 0.3 is 11.9 Å². The van der Waals surface area contributed by atoms with Crippen molar-refractivity contribution in [2.75, 3.05) is 20.8 Å². The Morgan fingerprint density at radius 1 is 0.923 bits per heavy atom. The van der Waals surface area contributed by atoms with Crippen LogP contribution in [0.1, 0.15) is 23.1 Å². The molecule has 1 aliphatic rings. The van der Waals surface area contributed by atoms with Crippen molar-refractivity contribution in [2.24, 2.45) is 0 Å². The number of nitrogens with zero attached hydrogens (tertiary/aromatic N) is 1. The quantitative estimate of drug-likeness (QED) is 0.612. The van der Waals surface area contributed by atoms with Crippen LogP contribution in [0.4, 0.5) is 0 Å². The fourth-order valence-corrected chi connectivity index (χ4v) is 3.34. The Morgan fingerprint density at radius 3 is 2.04 bits per heavy atom. The van der Waals surface area contributed by atoms with Gasteiger partial charge < -0.3 is 14.4 Å². The van der Waals surface area contributed by atoms with Crippen LogP contribution in [0.25, 0.3) is 0 Å². The smallest absolute Gasteiger partial charge is 0.354 e. The van der Waals surface area contributed by atoms with Gasteiger partial charge in [0.2, 0.25) is 0 Å². The lowest BCUT2D eigenvalue weighted by Crippen LogP contribution is -2.49. The fourth-order valence-electron chi connectivity index (χ4n) is 3.34. The Kier molecular flexibility index (Phi) is 5.37. The van der Waals surface area contributed by atoms with Crippen LogP contribution in [0.2, 0.25) is 0 Å². The van der Waals surface area contributed by atoms with Crippen LogP contribution in [0.5, 0.6) is 0 Å². The van der Waals surface area contributed by atoms with E-state index in [1.165, 1.54) is 25.9 Å². The van der Waals surface area contributed by atoms with Crippen LogP contribution in [-0.2, 0) is 19.1 Å². The topological polar surface area (TPSA) is 55.8 Å². The predicted molar refractivity (Wildman–Crippen MR) is 97.2 cm³/mol. The molecule has 0 aromatic heterocycles. The molecular formula is C21H21NO4. The number of carbonyl (C=O) groups excluding carboxylic acids is 2. The first kappa shape index (κ1) is 17.7. The van der Waals surface area contributed by atoms with E-state index in [2.05, 4.69) is 12.1 Å². The number of ether oxygens (including phenoxy) is 2. The molecule has 1 saturated heterocycles. The minimum absolute atomic E-state index is 0.0615. The van der Waals surface area contributed by atoms with Crippen molar-refractivity contribution in [1.82, 2.24) is 4.90 Å². The van der Waals surface area contributed by atoms with Crippen molar-refractivity contribution in [2.45, 2.75) is 12.0 Å². The number of benzene rings is 2. The molecular weight excluding hydrogens is 330 g/mol. The largest absolute Gasteiger partial charge is 0.466 e. The summed E-state index contributed by atoms with van der Waals surface area (Å²) in [6.45, 7) is 0.613. The van der Waals surface area contributed by atoms with Gasteiger partial charge in [-0.2, -0.15) is 0 Å². The highest BCUT2D eigenvalue weighted by Gasteiger charge is 2.43. The van der Waals surface area contributed by atoms with Crippen molar-refractivity contribution in [3.05, 3.63) is 83.6 Å². The second-order valence-electron chi connectivity index (χ2n) is 6.07. The molecule has 0 saturated carbocycles. The van der Waals surface area contributed by atoms with Gasteiger partial charge in [-0.3, -0.25) is 0 Å². The summed E-state index contributed by atoms with van der Waals surface area (Å²) in [4.78, 5) is 25.9. The number of hydrogen-bond donors (Lipinski definition) is 0. The third kappa shape index (κ3) is 3.47. The highest BCUT2D eigenvalue weighted by molar-refractivity contribution is 5.96. The molecule has 2 aromatic carbocycles. The molecule has 0 unspecified atom stereocenters. The molecule has 2 aromatic rings. The summed E-state index contributed by atoms with van der Waals surface area (Å²) in [5, 5.41) is 0. The van der Waals surface area contributed by atoms with E-state index in [4.69, 9.17) is 9.47 Å². The molecule has 1 aliphatic heterocycles. The van der Waals surface area contributed by atoms with E-state index < -0.39 is 11.9 Å². The Labute approximate surface area is 152 Å². The minimum Gasteiger partial charge on any atom is -0.466 e. The van der Waals surface area contributed by atoms with Gasteiger partial charge in [-0.05, 0) is 11.1 Å². The van der Waals surface area contributed by atoms with E-state index >= 15 is 0 Å². The number of methoxy groups -OCH3 is 2. The maximum atomic E-state index is 12.3. The molecule has 26 heavy (non-hydrogen) atoms. The Morgan fingerprint density at radius 2 is 1.50 bits per heavy atom. The van der Waals surface area contributed by atoms with Gasteiger partial charge in [-0.1, -0.05) is 60.7 Å². The van der Waals surface area contributed by atoms with Crippen molar-refractivity contribution >= 4 is 11.9 Å². The Balaban J connectivity index is 1.99. The van der Waals surface area contributed by atoms with E-state index in [0.717, 1.165) is 5.56 Å². The normalized spacial score (nSPS) is 19.5. The average molecular weight is 351 g/mol. The number of likely N-dealkylation sites (tertiary alicyclic amines) is 1. The lowest BCUT2D eigenvalue weighted by molar-refractivity contribution is -0.141. The van der Waals surface area contributed by atoms with E-state index in [9.17, 15) is 9.59 Å². The maximum absolute atomic E-state index is 12.3. The molecule has 0 radical (unpaired) electrons. The summed E-state index contributed by atoms with van der Waals surface area (Å²) >= 11 is 0. The average Bonchev–Trinajstić information content (AvgIpc) is 2.67. The molecule has 1 fully saturated rings. The molecule has 2 atom stereocenters. The third-order valence-electron chi connectivity index (χ3n) is 4.64. The summed E-state index contributed by atoms with van der Waals surface area (Å²) in [6, 6.07) is 20.0. The second kappa shape index (κ2) is 7.87. The SMILES string of the molecule is COC(=O)/C=C(/C(=O)OC)N1C[C@@H](c2ccccc2)[C@H]1c1ccccc1. The van der Waals surface area contributed by atoms with E-state index in [1.807, 2.05) is 53.4 Å². The van der Waals surface area contributed by atoms with Gasteiger partial charge in [-0.15, -0.1) is 0 Å². The first-order valence-electron chi connectivity index (χ1n) is 8.40. The number of carbonyl (C=O) groups is 2. The molecule has 0 spiro atoms. The van der Waals surface area contributed by atoms with Gasteiger partial charge in [0.25, 0.3) is 0 Å². The van der Waals surface area contributed by atoms with Crippen molar-refractivity contribution < 1.29 is 19.1 Å². The number of rotatable bonds is 5. The van der Waals surface area contributed by atoms with Crippen LogP contribution in [0, 0.1) is 0 Å². The summed E-state index contributed by atoms with van der Waals surface area (Å²) in [7, 11) is 2.59. The van der Waals surface area contributed by atoms with E-state index in [1.54, 1.807) is 0 Å². The summed E-state index contributed by atoms with van der Waals surface area (Å²) in [5.74, 6) is -0.924. The molecule has 3 rings (SSSR count). The van der Waals surface area contributed by atoms with Crippen LogP contribution >= 0.6 is 0 Å².